The van der Waals surface area contributed by atoms with Crippen molar-refractivity contribution >= 4 is 15.9 Å². The molecule has 0 spiro atoms. The highest BCUT2D eigenvalue weighted by atomic mass is 32.2. The molecule has 1 atom stereocenters. The van der Waals surface area contributed by atoms with Crippen LogP contribution in [0.25, 0.3) is 0 Å². The van der Waals surface area contributed by atoms with Gasteiger partial charge in [-0.25, -0.2) is 12.7 Å². The maximum atomic E-state index is 13.2. The third-order valence-corrected chi connectivity index (χ3v) is 8.32. The predicted molar refractivity (Wildman–Crippen MR) is 118 cm³/mol. The zero-order valence-corrected chi connectivity index (χ0v) is 18.9. The second kappa shape index (κ2) is 9.48. The van der Waals surface area contributed by atoms with Crippen LogP contribution in [0.2, 0.25) is 0 Å². The first-order valence-corrected chi connectivity index (χ1v) is 12.8. The number of hydrogen-bond acceptors (Lipinski definition) is 5. The summed E-state index contributed by atoms with van der Waals surface area (Å²) >= 11 is 0. The fraction of sp³-hybridized carbons (Fsp3) is 0.591. The van der Waals surface area contributed by atoms with Gasteiger partial charge >= 0.3 is 0 Å². The Bertz CT molecular complexity index is 984. The van der Waals surface area contributed by atoms with E-state index in [0.29, 0.717) is 32.5 Å². The second-order valence-electron chi connectivity index (χ2n) is 8.51. The fourth-order valence-corrected chi connectivity index (χ4v) is 6.29. The smallest absolute Gasteiger partial charge is 0.225 e. The van der Waals surface area contributed by atoms with Gasteiger partial charge in [-0.2, -0.15) is 0 Å². The number of carbonyl (C=O) groups excluding carboxylic acids is 1. The fourth-order valence-electron chi connectivity index (χ4n) is 4.73. The number of aryl methyl sites for hydroxylation is 1. The monoisotopic (exact) mass is 445 g/mol. The molecule has 2 aromatic rings. The van der Waals surface area contributed by atoms with Gasteiger partial charge in [0.05, 0.1) is 5.75 Å². The van der Waals surface area contributed by atoms with Gasteiger partial charge in [-0.15, -0.1) is 10.2 Å². The summed E-state index contributed by atoms with van der Waals surface area (Å²) < 4.78 is 29.2. The zero-order valence-electron chi connectivity index (χ0n) is 18.1. The van der Waals surface area contributed by atoms with E-state index in [2.05, 4.69) is 21.7 Å². The summed E-state index contributed by atoms with van der Waals surface area (Å²) in [6, 6.07) is 9.25. The molecule has 1 aromatic carbocycles. The van der Waals surface area contributed by atoms with E-state index in [9.17, 15) is 13.2 Å². The van der Waals surface area contributed by atoms with Crippen LogP contribution in [0.5, 0.6) is 0 Å². The first kappa shape index (κ1) is 22.0. The van der Waals surface area contributed by atoms with Crippen LogP contribution in [0.15, 0.2) is 36.7 Å². The Kier molecular flexibility index (Phi) is 6.71. The van der Waals surface area contributed by atoms with Crippen molar-refractivity contribution in [3.05, 3.63) is 48.0 Å². The zero-order chi connectivity index (χ0) is 21.8. The highest BCUT2D eigenvalue weighted by Gasteiger charge is 2.35. The number of aromatic nitrogens is 3. The molecule has 1 unspecified atom stereocenters. The van der Waals surface area contributed by atoms with Gasteiger partial charge in [0.15, 0.2) is 0 Å². The number of benzene rings is 1. The van der Waals surface area contributed by atoms with Gasteiger partial charge in [-0.1, -0.05) is 30.3 Å². The molecule has 1 aromatic heterocycles. The summed E-state index contributed by atoms with van der Waals surface area (Å²) in [4.78, 5) is 15.1. The Morgan fingerprint density at radius 2 is 1.84 bits per heavy atom. The Morgan fingerprint density at radius 3 is 2.55 bits per heavy atom. The maximum absolute atomic E-state index is 13.2. The molecule has 168 valence electrons. The standard InChI is InChI=1S/C22H31N5O3S/c1-2-25-17-23-24-21(25)20-9-6-12-26(15-20)22(28)19-10-13-27(14-11-19)31(29,30)16-18-7-4-3-5-8-18/h3-5,7-8,17,19-20H,2,6,9-16H2,1H3. The summed E-state index contributed by atoms with van der Waals surface area (Å²) in [7, 11) is -3.37. The minimum Gasteiger partial charge on any atom is -0.342 e. The Morgan fingerprint density at radius 1 is 1.10 bits per heavy atom. The first-order chi connectivity index (χ1) is 15.0. The van der Waals surface area contributed by atoms with Crippen molar-refractivity contribution in [1.29, 1.82) is 0 Å². The van der Waals surface area contributed by atoms with Crippen LogP contribution in [0, 0.1) is 5.92 Å². The number of carbonyl (C=O) groups is 1. The van der Waals surface area contributed by atoms with Crippen LogP contribution in [0.1, 0.15) is 49.9 Å². The van der Waals surface area contributed by atoms with Crippen molar-refractivity contribution < 1.29 is 13.2 Å². The Hall–Kier alpha value is -2.26. The van der Waals surface area contributed by atoms with E-state index in [4.69, 9.17) is 0 Å². The van der Waals surface area contributed by atoms with Gasteiger partial charge in [-0.05, 0) is 38.2 Å². The summed E-state index contributed by atoms with van der Waals surface area (Å²) in [5, 5.41) is 8.33. The van der Waals surface area contributed by atoms with Crippen molar-refractivity contribution in [2.45, 2.75) is 50.8 Å². The molecule has 0 bridgehead atoms. The topological polar surface area (TPSA) is 88.4 Å². The highest BCUT2D eigenvalue weighted by Crippen LogP contribution is 2.29. The number of rotatable bonds is 6. The lowest BCUT2D eigenvalue weighted by Crippen LogP contribution is -2.47. The summed E-state index contributed by atoms with van der Waals surface area (Å²) in [5.74, 6) is 1.24. The Labute approximate surface area is 184 Å². The SMILES string of the molecule is CCn1cnnc1C1CCCN(C(=O)C2CCN(S(=O)(=O)Cc3ccccc3)CC2)C1. The van der Waals surface area contributed by atoms with Crippen LogP contribution < -0.4 is 0 Å². The molecular weight excluding hydrogens is 414 g/mol. The maximum Gasteiger partial charge on any atom is 0.225 e. The van der Waals surface area contributed by atoms with Crippen LogP contribution in [-0.4, -0.2) is 64.5 Å². The molecular formula is C22H31N5O3S. The molecule has 2 aliphatic rings. The van der Waals surface area contributed by atoms with Gasteiger partial charge in [-0.3, -0.25) is 4.79 Å². The molecule has 1 amide bonds. The second-order valence-corrected chi connectivity index (χ2v) is 10.5. The Balaban J connectivity index is 1.33. The van der Waals surface area contributed by atoms with Crippen molar-refractivity contribution in [2.75, 3.05) is 26.2 Å². The molecule has 0 radical (unpaired) electrons. The quantitative estimate of drug-likeness (QED) is 0.680. The van der Waals surface area contributed by atoms with E-state index < -0.39 is 10.0 Å². The minimum atomic E-state index is -3.37. The van der Waals surface area contributed by atoms with Gasteiger partial charge in [0.2, 0.25) is 15.9 Å². The van der Waals surface area contributed by atoms with Gasteiger partial charge in [0.1, 0.15) is 12.2 Å². The number of likely N-dealkylation sites (tertiary alicyclic amines) is 1. The van der Waals surface area contributed by atoms with Crippen LogP contribution in [0.3, 0.4) is 0 Å². The lowest BCUT2D eigenvalue weighted by molar-refractivity contribution is -0.138. The molecule has 9 heteroatoms. The van der Waals surface area contributed by atoms with Gasteiger partial charge < -0.3 is 9.47 Å². The van der Waals surface area contributed by atoms with Crippen LogP contribution >= 0.6 is 0 Å². The number of amides is 1. The predicted octanol–water partition coefficient (Wildman–Crippen LogP) is 2.25. The molecule has 2 fully saturated rings. The first-order valence-electron chi connectivity index (χ1n) is 11.2. The van der Waals surface area contributed by atoms with E-state index in [1.807, 2.05) is 35.2 Å². The van der Waals surface area contributed by atoms with Crippen molar-refractivity contribution in [3.8, 4) is 0 Å². The van der Waals surface area contributed by atoms with E-state index in [0.717, 1.165) is 37.3 Å². The lowest BCUT2D eigenvalue weighted by atomic mass is 9.92. The van der Waals surface area contributed by atoms with E-state index in [-0.39, 0.29) is 23.5 Å². The molecule has 0 aliphatic carbocycles. The summed E-state index contributed by atoms with van der Waals surface area (Å²) in [6.07, 6.45) is 4.88. The van der Waals surface area contributed by atoms with Crippen molar-refractivity contribution in [3.63, 3.8) is 0 Å². The molecule has 0 saturated carbocycles. The van der Waals surface area contributed by atoms with Crippen molar-refractivity contribution in [1.82, 2.24) is 24.0 Å². The molecule has 2 saturated heterocycles. The van der Waals surface area contributed by atoms with Gasteiger partial charge in [0, 0.05) is 44.6 Å². The lowest BCUT2D eigenvalue weighted by Gasteiger charge is -2.37. The van der Waals surface area contributed by atoms with Gasteiger partial charge in [0.25, 0.3) is 0 Å². The van der Waals surface area contributed by atoms with Crippen LogP contribution in [0.4, 0.5) is 0 Å². The molecule has 3 heterocycles. The molecule has 2 aliphatic heterocycles. The van der Waals surface area contributed by atoms with E-state index in [1.165, 1.54) is 0 Å². The summed E-state index contributed by atoms with van der Waals surface area (Å²) in [5.41, 5.74) is 0.792. The third kappa shape index (κ3) is 4.98. The third-order valence-electron chi connectivity index (χ3n) is 6.47. The van der Waals surface area contributed by atoms with E-state index in [1.54, 1.807) is 10.6 Å². The number of piperidine rings is 2. The number of nitrogens with zero attached hydrogens (tertiary/aromatic N) is 5. The number of hydrogen-bond donors (Lipinski definition) is 0. The normalized spacial score (nSPS) is 21.3. The summed E-state index contributed by atoms with van der Waals surface area (Å²) in [6.45, 7) is 5.15. The molecule has 0 N–H and O–H groups in total. The minimum absolute atomic E-state index is 0.0123. The molecule has 4 rings (SSSR count). The largest absolute Gasteiger partial charge is 0.342 e. The van der Waals surface area contributed by atoms with Crippen LogP contribution in [-0.2, 0) is 27.1 Å². The highest BCUT2D eigenvalue weighted by molar-refractivity contribution is 7.88. The average Bonchev–Trinajstić information content (AvgIpc) is 3.28. The van der Waals surface area contributed by atoms with E-state index >= 15 is 0 Å². The number of sulfonamides is 1. The molecule has 31 heavy (non-hydrogen) atoms. The van der Waals surface area contributed by atoms with Crippen molar-refractivity contribution in [2.24, 2.45) is 5.92 Å². The average molecular weight is 446 g/mol. The molecule has 8 nitrogen and oxygen atoms in total.